The molecule has 0 amide bonds. The van der Waals surface area contributed by atoms with Crippen LogP contribution >= 0.6 is 0 Å². The number of rotatable bonds is 3. The van der Waals surface area contributed by atoms with Crippen LogP contribution in [-0.4, -0.2) is 45.6 Å². The number of benzene rings is 1. The van der Waals surface area contributed by atoms with Crippen LogP contribution in [0.25, 0.3) is 0 Å². The summed E-state index contributed by atoms with van der Waals surface area (Å²) in [6.45, 7) is 2.98. The summed E-state index contributed by atoms with van der Waals surface area (Å²) in [4.78, 5) is 0.180. The van der Waals surface area contributed by atoms with Gasteiger partial charge in [-0.2, -0.15) is 4.31 Å². The highest BCUT2D eigenvalue weighted by Gasteiger charge is 2.29. The summed E-state index contributed by atoms with van der Waals surface area (Å²) in [7, 11) is -2.04. The topological polar surface area (TPSA) is 81.9 Å². The van der Waals surface area contributed by atoms with Crippen LogP contribution in [0.5, 0.6) is 5.75 Å². The maximum Gasteiger partial charge on any atom is 0.243 e. The van der Waals surface area contributed by atoms with Crippen LogP contribution in [0.4, 0.5) is 5.69 Å². The fourth-order valence-corrected chi connectivity index (χ4v) is 3.56. The van der Waals surface area contributed by atoms with Gasteiger partial charge < -0.3 is 15.2 Å². The fourth-order valence-electron chi connectivity index (χ4n) is 2.03. The third-order valence-corrected chi connectivity index (χ3v) is 4.90. The Morgan fingerprint density at radius 3 is 2.79 bits per heavy atom. The summed E-state index contributed by atoms with van der Waals surface area (Å²) in [5.41, 5.74) is 6.06. The molecule has 0 bridgehead atoms. The molecule has 0 aromatic heterocycles. The summed E-state index contributed by atoms with van der Waals surface area (Å²) < 4.78 is 36.7. The van der Waals surface area contributed by atoms with E-state index in [2.05, 4.69) is 0 Å². The van der Waals surface area contributed by atoms with Crippen molar-refractivity contribution in [3.05, 3.63) is 18.2 Å². The number of ether oxygens (including phenoxy) is 2. The lowest BCUT2D eigenvalue weighted by atomic mass is 10.3. The number of methoxy groups -OCH3 is 1. The Kier molecular flexibility index (Phi) is 3.98. The quantitative estimate of drug-likeness (QED) is 0.827. The van der Waals surface area contributed by atoms with Crippen molar-refractivity contribution in [3.63, 3.8) is 0 Å². The normalized spacial score (nSPS) is 21.3. The Bertz CT molecular complexity index is 559. The highest BCUT2D eigenvalue weighted by atomic mass is 32.2. The molecule has 7 heteroatoms. The van der Waals surface area contributed by atoms with E-state index >= 15 is 0 Å². The molecule has 1 aromatic rings. The molecule has 0 saturated carbocycles. The summed E-state index contributed by atoms with van der Waals surface area (Å²) >= 11 is 0. The van der Waals surface area contributed by atoms with Gasteiger partial charge in [0.05, 0.1) is 30.4 Å². The molecule has 1 aromatic carbocycles. The molecule has 1 aliphatic heterocycles. The molecule has 6 nitrogen and oxygen atoms in total. The Morgan fingerprint density at radius 1 is 1.47 bits per heavy atom. The van der Waals surface area contributed by atoms with Gasteiger partial charge in [-0.15, -0.1) is 0 Å². The largest absolute Gasteiger partial charge is 0.495 e. The third kappa shape index (κ3) is 2.83. The molecule has 2 rings (SSSR count). The predicted molar refractivity (Wildman–Crippen MR) is 71.6 cm³/mol. The van der Waals surface area contributed by atoms with Crippen LogP contribution < -0.4 is 10.5 Å². The molecule has 1 aliphatic rings. The second-order valence-electron chi connectivity index (χ2n) is 4.45. The van der Waals surface area contributed by atoms with Crippen molar-refractivity contribution >= 4 is 15.7 Å². The summed E-state index contributed by atoms with van der Waals surface area (Å²) in [6.07, 6.45) is -0.0980. The molecule has 2 N–H and O–H groups in total. The maximum atomic E-state index is 12.5. The lowest BCUT2D eigenvalue weighted by Crippen LogP contribution is -2.44. The highest BCUT2D eigenvalue weighted by molar-refractivity contribution is 7.89. The third-order valence-electron chi connectivity index (χ3n) is 3.04. The van der Waals surface area contributed by atoms with Crippen molar-refractivity contribution in [2.45, 2.75) is 17.9 Å². The standard InChI is InChI=1S/C12H18N2O4S/c1-9-8-14(5-6-18-9)19(15,16)10-3-4-12(17-2)11(13)7-10/h3-4,7,9H,5-6,8,13H2,1-2H3. The number of hydrogen-bond acceptors (Lipinski definition) is 5. The zero-order chi connectivity index (χ0) is 14.0. The van der Waals surface area contributed by atoms with Crippen molar-refractivity contribution < 1.29 is 17.9 Å². The Balaban J connectivity index is 2.31. The molecule has 1 atom stereocenters. The number of nitrogens with zero attached hydrogens (tertiary/aromatic N) is 1. The molecule has 19 heavy (non-hydrogen) atoms. The van der Waals surface area contributed by atoms with Crippen molar-refractivity contribution in [2.75, 3.05) is 32.5 Å². The average molecular weight is 286 g/mol. The van der Waals surface area contributed by atoms with E-state index in [9.17, 15) is 8.42 Å². The highest BCUT2D eigenvalue weighted by Crippen LogP contribution is 2.26. The van der Waals surface area contributed by atoms with Gasteiger partial charge in [0.1, 0.15) is 5.75 Å². The molecule has 1 heterocycles. The first-order valence-corrected chi connectivity index (χ1v) is 7.44. The van der Waals surface area contributed by atoms with Crippen molar-refractivity contribution in [1.29, 1.82) is 0 Å². The molecular weight excluding hydrogens is 268 g/mol. The van der Waals surface area contributed by atoms with Gasteiger partial charge in [-0.1, -0.05) is 0 Å². The average Bonchev–Trinajstić information content (AvgIpc) is 2.38. The lowest BCUT2D eigenvalue weighted by molar-refractivity contribution is 0.0102. The zero-order valence-corrected chi connectivity index (χ0v) is 11.8. The minimum absolute atomic E-state index is 0.0980. The van der Waals surface area contributed by atoms with Crippen LogP contribution in [0.3, 0.4) is 0 Å². The van der Waals surface area contributed by atoms with Crippen molar-refractivity contribution in [2.24, 2.45) is 0 Å². The van der Waals surface area contributed by atoms with E-state index < -0.39 is 10.0 Å². The summed E-state index contributed by atoms with van der Waals surface area (Å²) in [5.74, 6) is 0.467. The van der Waals surface area contributed by atoms with E-state index in [-0.39, 0.29) is 11.0 Å². The number of hydrogen-bond donors (Lipinski definition) is 1. The Labute approximate surface area is 113 Å². The van der Waals surface area contributed by atoms with Gasteiger partial charge in [0.25, 0.3) is 0 Å². The van der Waals surface area contributed by atoms with Gasteiger partial charge in [-0.3, -0.25) is 0 Å². The minimum Gasteiger partial charge on any atom is -0.495 e. The van der Waals surface area contributed by atoms with E-state index in [0.717, 1.165) is 0 Å². The Morgan fingerprint density at radius 2 is 2.21 bits per heavy atom. The number of anilines is 1. The number of sulfonamides is 1. The fraction of sp³-hybridized carbons (Fsp3) is 0.500. The second kappa shape index (κ2) is 5.36. The first-order chi connectivity index (χ1) is 8.95. The van der Waals surface area contributed by atoms with Gasteiger partial charge in [-0.05, 0) is 25.1 Å². The second-order valence-corrected chi connectivity index (χ2v) is 6.39. The number of nitrogens with two attached hydrogens (primary N) is 1. The molecule has 0 aliphatic carbocycles. The molecular formula is C12H18N2O4S. The first kappa shape index (κ1) is 14.1. The number of nitrogen functional groups attached to an aromatic ring is 1. The summed E-state index contributed by atoms with van der Waals surface area (Å²) in [6, 6.07) is 4.49. The Hall–Kier alpha value is -1.31. The molecule has 0 spiro atoms. The van der Waals surface area contributed by atoms with E-state index in [1.54, 1.807) is 6.07 Å². The molecule has 1 fully saturated rings. The monoisotopic (exact) mass is 286 g/mol. The van der Waals surface area contributed by atoms with Crippen molar-refractivity contribution in [3.8, 4) is 5.75 Å². The molecule has 1 saturated heterocycles. The van der Waals surface area contributed by atoms with Crippen LogP contribution in [0.1, 0.15) is 6.92 Å². The molecule has 0 radical (unpaired) electrons. The smallest absolute Gasteiger partial charge is 0.243 e. The first-order valence-electron chi connectivity index (χ1n) is 6.00. The van der Waals surface area contributed by atoms with E-state index in [1.165, 1.54) is 23.5 Å². The van der Waals surface area contributed by atoms with Crippen LogP contribution in [0.2, 0.25) is 0 Å². The van der Waals surface area contributed by atoms with Gasteiger partial charge in [0.2, 0.25) is 10.0 Å². The molecule has 106 valence electrons. The predicted octanol–water partition coefficient (Wildman–Crippen LogP) is 0.687. The van der Waals surface area contributed by atoms with Crippen LogP contribution in [0.15, 0.2) is 23.1 Å². The van der Waals surface area contributed by atoms with Gasteiger partial charge >= 0.3 is 0 Å². The van der Waals surface area contributed by atoms with Gasteiger partial charge in [0, 0.05) is 13.1 Å². The van der Waals surface area contributed by atoms with Crippen LogP contribution in [0, 0.1) is 0 Å². The van der Waals surface area contributed by atoms with Crippen molar-refractivity contribution in [1.82, 2.24) is 4.31 Å². The SMILES string of the molecule is COc1ccc(S(=O)(=O)N2CCOC(C)C2)cc1N. The summed E-state index contributed by atoms with van der Waals surface area (Å²) in [5, 5.41) is 0. The maximum absolute atomic E-state index is 12.5. The van der Waals surface area contributed by atoms with E-state index in [0.29, 0.717) is 31.1 Å². The van der Waals surface area contributed by atoms with Crippen LogP contribution in [-0.2, 0) is 14.8 Å². The molecule has 1 unspecified atom stereocenters. The van der Waals surface area contributed by atoms with E-state index in [4.69, 9.17) is 15.2 Å². The van der Waals surface area contributed by atoms with Gasteiger partial charge in [-0.25, -0.2) is 8.42 Å². The lowest BCUT2D eigenvalue weighted by Gasteiger charge is -2.30. The number of morpholine rings is 1. The zero-order valence-electron chi connectivity index (χ0n) is 11.0. The van der Waals surface area contributed by atoms with Gasteiger partial charge in [0.15, 0.2) is 0 Å². The van der Waals surface area contributed by atoms with E-state index in [1.807, 2.05) is 6.92 Å². The minimum atomic E-state index is -3.52.